The van der Waals surface area contributed by atoms with Gasteiger partial charge in [-0.3, -0.25) is 0 Å². The summed E-state index contributed by atoms with van der Waals surface area (Å²) in [5.41, 5.74) is -0.0135. The van der Waals surface area contributed by atoms with E-state index in [9.17, 15) is 14.0 Å². The summed E-state index contributed by atoms with van der Waals surface area (Å²) >= 11 is 3.40. The topological polar surface area (TPSA) is 72.1 Å². The first-order valence-corrected chi connectivity index (χ1v) is 10.2. The molecule has 0 aliphatic rings. The Morgan fingerprint density at radius 1 is 1.23 bits per heavy atom. The third-order valence-corrected chi connectivity index (χ3v) is 4.92. The standard InChI is InChI=1S/C23H20BrFN2O4/c1-4-30-22(28)19-18(16-12-15(25)10-11-17(16)24)20(26-13-27(2)3)23(29)31-21(19)14-8-6-5-7-9-14/h5-13H,4H2,1-3H3. The SMILES string of the molecule is CCOC(=O)c1c(-c2ccccc2)oc(=O)c(N=CN(C)C)c1-c1cc(F)ccc1Br. The number of halogens is 2. The predicted octanol–water partition coefficient (Wildman–Crippen LogP) is 5.27. The van der Waals surface area contributed by atoms with E-state index in [0.29, 0.717) is 10.0 Å². The smallest absolute Gasteiger partial charge is 0.363 e. The van der Waals surface area contributed by atoms with Crippen molar-refractivity contribution in [3.63, 3.8) is 0 Å². The van der Waals surface area contributed by atoms with Crippen LogP contribution in [-0.4, -0.2) is 37.9 Å². The number of carbonyl (C=O) groups is 1. The van der Waals surface area contributed by atoms with Crippen molar-refractivity contribution in [2.75, 3.05) is 20.7 Å². The molecule has 0 saturated heterocycles. The van der Waals surface area contributed by atoms with E-state index in [4.69, 9.17) is 9.15 Å². The Balaban J connectivity index is 2.50. The van der Waals surface area contributed by atoms with E-state index in [0.717, 1.165) is 0 Å². The summed E-state index contributed by atoms with van der Waals surface area (Å²) in [6.45, 7) is 1.77. The van der Waals surface area contributed by atoms with Gasteiger partial charge in [0.05, 0.1) is 12.9 Å². The summed E-state index contributed by atoms with van der Waals surface area (Å²) < 4.78 is 25.5. The maximum absolute atomic E-state index is 14.2. The molecule has 1 aromatic heterocycles. The largest absolute Gasteiger partial charge is 0.462 e. The van der Waals surface area contributed by atoms with E-state index in [1.165, 1.54) is 24.5 Å². The number of nitrogens with zero attached hydrogens (tertiary/aromatic N) is 2. The molecule has 2 aromatic carbocycles. The molecule has 0 atom stereocenters. The molecule has 1 heterocycles. The van der Waals surface area contributed by atoms with Crippen molar-refractivity contribution in [2.45, 2.75) is 6.92 Å². The number of carbonyl (C=O) groups excluding carboxylic acids is 1. The van der Waals surface area contributed by atoms with E-state index in [2.05, 4.69) is 20.9 Å². The third kappa shape index (κ3) is 4.91. The van der Waals surface area contributed by atoms with Gasteiger partial charge in [-0.1, -0.05) is 46.3 Å². The molecule has 0 fully saturated rings. The maximum Gasteiger partial charge on any atom is 0.363 e. The first-order valence-electron chi connectivity index (χ1n) is 9.43. The second-order valence-electron chi connectivity index (χ2n) is 6.74. The average Bonchev–Trinajstić information content (AvgIpc) is 2.74. The van der Waals surface area contributed by atoms with Gasteiger partial charge < -0.3 is 14.1 Å². The zero-order valence-corrected chi connectivity index (χ0v) is 18.8. The normalized spacial score (nSPS) is 11.0. The van der Waals surface area contributed by atoms with Crippen LogP contribution in [0.3, 0.4) is 0 Å². The van der Waals surface area contributed by atoms with Crippen molar-refractivity contribution in [1.29, 1.82) is 0 Å². The van der Waals surface area contributed by atoms with Crippen molar-refractivity contribution in [2.24, 2.45) is 4.99 Å². The Morgan fingerprint density at radius 2 is 1.94 bits per heavy atom. The van der Waals surface area contributed by atoms with E-state index in [1.54, 1.807) is 56.3 Å². The molecule has 0 radical (unpaired) electrons. The van der Waals surface area contributed by atoms with Crippen LogP contribution >= 0.6 is 15.9 Å². The lowest BCUT2D eigenvalue weighted by atomic mass is 9.95. The predicted molar refractivity (Wildman–Crippen MR) is 121 cm³/mol. The van der Waals surface area contributed by atoms with Crippen molar-refractivity contribution < 1.29 is 18.3 Å². The first kappa shape index (κ1) is 22.4. The number of rotatable bonds is 6. The molecule has 3 rings (SSSR count). The van der Waals surface area contributed by atoms with Gasteiger partial charge in [-0.05, 0) is 25.1 Å². The van der Waals surface area contributed by atoms with E-state index in [1.807, 2.05) is 0 Å². The molecule has 31 heavy (non-hydrogen) atoms. The molecule has 0 aliphatic carbocycles. The van der Waals surface area contributed by atoms with E-state index in [-0.39, 0.29) is 34.7 Å². The number of hydrogen-bond acceptors (Lipinski definition) is 5. The second kappa shape index (κ2) is 9.70. The minimum absolute atomic E-state index is 0.00939. The van der Waals surface area contributed by atoms with Crippen molar-refractivity contribution in [3.05, 3.63) is 74.8 Å². The Bertz CT molecular complexity index is 1190. The number of aliphatic imine (C=N–C) groups is 1. The van der Waals surface area contributed by atoms with Crippen molar-refractivity contribution in [1.82, 2.24) is 4.90 Å². The molecule has 8 heteroatoms. The number of ether oxygens (including phenoxy) is 1. The van der Waals surface area contributed by atoms with Crippen LogP contribution in [0.4, 0.5) is 10.1 Å². The number of esters is 1. The minimum Gasteiger partial charge on any atom is -0.462 e. The third-order valence-electron chi connectivity index (χ3n) is 4.23. The highest BCUT2D eigenvalue weighted by molar-refractivity contribution is 9.10. The van der Waals surface area contributed by atoms with Gasteiger partial charge in [-0.2, -0.15) is 0 Å². The van der Waals surface area contributed by atoms with Crippen molar-refractivity contribution >= 4 is 33.9 Å². The second-order valence-corrected chi connectivity index (χ2v) is 7.59. The van der Waals surface area contributed by atoms with E-state index >= 15 is 0 Å². The zero-order chi connectivity index (χ0) is 22.5. The van der Waals surface area contributed by atoms with Gasteiger partial charge in [0.2, 0.25) is 0 Å². The van der Waals surface area contributed by atoms with Crippen LogP contribution in [-0.2, 0) is 4.74 Å². The Hall–Kier alpha value is -3.26. The fraction of sp³-hybridized carbons (Fsp3) is 0.174. The lowest BCUT2D eigenvalue weighted by molar-refractivity contribution is 0.0526. The van der Waals surface area contributed by atoms with Crippen LogP contribution in [0.15, 0.2) is 67.2 Å². The lowest BCUT2D eigenvalue weighted by Gasteiger charge is -2.16. The summed E-state index contributed by atoms with van der Waals surface area (Å²) in [7, 11) is 3.46. The molecular weight excluding hydrogens is 467 g/mol. The lowest BCUT2D eigenvalue weighted by Crippen LogP contribution is -2.15. The fourth-order valence-electron chi connectivity index (χ4n) is 2.96. The van der Waals surface area contributed by atoms with Crippen LogP contribution in [0.2, 0.25) is 0 Å². The maximum atomic E-state index is 14.2. The Kier molecular flexibility index (Phi) is 7.02. The van der Waals surface area contributed by atoms with Gasteiger partial charge in [0.15, 0.2) is 11.4 Å². The van der Waals surface area contributed by atoms with Crippen LogP contribution in [0.25, 0.3) is 22.5 Å². The van der Waals surface area contributed by atoms with Gasteiger partial charge in [-0.15, -0.1) is 0 Å². The molecule has 0 aliphatic heterocycles. The minimum atomic E-state index is -0.767. The Labute approximate surface area is 187 Å². The molecule has 0 unspecified atom stereocenters. The monoisotopic (exact) mass is 486 g/mol. The molecule has 6 nitrogen and oxygen atoms in total. The van der Waals surface area contributed by atoms with Gasteiger partial charge >= 0.3 is 11.6 Å². The van der Waals surface area contributed by atoms with Crippen LogP contribution < -0.4 is 5.63 Å². The first-order chi connectivity index (χ1) is 14.8. The van der Waals surface area contributed by atoms with Crippen LogP contribution in [0, 0.1) is 5.82 Å². The highest BCUT2D eigenvalue weighted by Crippen LogP contribution is 2.41. The quantitative estimate of drug-likeness (QED) is 0.269. The molecule has 160 valence electrons. The number of benzene rings is 2. The fourth-order valence-corrected chi connectivity index (χ4v) is 3.40. The van der Waals surface area contributed by atoms with Crippen LogP contribution in [0.1, 0.15) is 17.3 Å². The molecule has 0 spiro atoms. The summed E-state index contributed by atoms with van der Waals surface area (Å²) in [6, 6.07) is 12.7. The highest BCUT2D eigenvalue weighted by Gasteiger charge is 2.29. The molecule has 0 N–H and O–H groups in total. The molecular formula is C23H20BrFN2O4. The molecule has 0 bridgehead atoms. The number of hydrogen-bond donors (Lipinski definition) is 0. The van der Waals surface area contributed by atoms with Gasteiger partial charge in [-0.25, -0.2) is 19.0 Å². The summed E-state index contributed by atoms with van der Waals surface area (Å²) in [5.74, 6) is -1.22. The zero-order valence-electron chi connectivity index (χ0n) is 17.2. The van der Waals surface area contributed by atoms with Gasteiger partial charge in [0, 0.05) is 35.3 Å². The summed E-state index contributed by atoms with van der Waals surface area (Å²) in [5, 5.41) is 0. The highest BCUT2D eigenvalue weighted by atomic mass is 79.9. The van der Waals surface area contributed by atoms with Crippen molar-refractivity contribution in [3.8, 4) is 22.5 Å². The molecule has 0 saturated carbocycles. The van der Waals surface area contributed by atoms with Crippen LogP contribution in [0.5, 0.6) is 0 Å². The molecule has 0 amide bonds. The summed E-state index contributed by atoms with van der Waals surface area (Å²) in [4.78, 5) is 31.9. The van der Waals surface area contributed by atoms with Gasteiger partial charge in [0.25, 0.3) is 0 Å². The Morgan fingerprint density at radius 3 is 2.58 bits per heavy atom. The van der Waals surface area contributed by atoms with Gasteiger partial charge in [0.1, 0.15) is 11.4 Å². The average molecular weight is 487 g/mol. The molecule has 3 aromatic rings. The van der Waals surface area contributed by atoms with E-state index < -0.39 is 17.4 Å². The summed E-state index contributed by atoms with van der Waals surface area (Å²) in [6.07, 6.45) is 1.40.